The first kappa shape index (κ1) is 21.8. The molecule has 0 bridgehead atoms. The van der Waals surface area contributed by atoms with E-state index in [1.54, 1.807) is 26.3 Å². The number of aliphatic imine (C=N–C) groups is 1. The Kier molecular flexibility index (Phi) is 9.26. The maximum atomic E-state index is 11.0. The van der Waals surface area contributed by atoms with Crippen LogP contribution in [0.2, 0.25) is 0 Å². The SMILES string of the molecule is CN=C(NCc1ccc(C(N)=O)o1)NCC1(CCOC)CCCC1.I. The zero-order valence-corrected chi connectivity index (χ0v) is 17.3. The number of carbonyl (C=O) groups is 1. The Morgan fingerprint density at radius 1 is 1.36 bits per heavy atom. The number of halogens is 1. The van der Waals surface area contributed by atoms with Gasteiger partial charge in [0.25, 0.3) is 5.91 Å². The molecule has 1 aliphatic carbocycles. The molecule has 0 unspecified atom stereocenters. The summed E-state index contributed by atoms with van der Waals surface area (Å²) in [5.41, 5.74) is 5.47. The van der Waals surface area contributed by atoms with Crippen LogP contribution in [-0.2, 0) is 11.3 Å². The summed E-state index contributed by atoms with van der Waals surface area (Å²) >= 11 is 0. The topological polar surface area (TPSA) is 102 Å². The quantitative estimate of drug-likeness (QED) is 0.311. The minimum Gasteiger partial charge on any atom is -0.454 e. The smallest absolute Gasteiger partial charge is 0.284 e. The van der Waals surface area contributed by atoms with E-state index in [0.717, 1.165) is 25.5 Å². The molecule has 0 spiro atoms. The molecule has 1 aromatic heterocycles. The van der Waals surface area contributed by atoms with Crippen molar-refractivity contribution in [3.8, 4) is 0 Å². The van der Waals surface area contributed by atoms with E-state index in [0.29, 0.717) is 12.3 Å². The lowest BCUT2D eigenvalue weighted by Gasteiger charge is -2.29. The number of rotatable bonds is 8. The highest BCUT2D eigenvalue weighted by molar-refractivity contribution is 14.0. The number of carbonyl (C=O) groups excluding carboxylic acids is 1. The third kappa shape index (κ3) is 6.50. The fourth-order valence-corrected chi connectivity index (χ4v) is 3.23. The fourth-order valence-electron chi connectivity index (χ4n) is 3.23. The Balaban J connectivity index is 0.00000312. The van der Waals surface area contributed by atoms with Crippen LogP contribution in [0.4, 0.5) is 0 Å². The van der Waals surface area contributed by atoms with Crippen LogP contribution in [0.15, 0.2) is 21.5 Å². The van der Waals surface area contributed by atoms with Gasteiger partial charge in [-0.3, -0.25) is 9.79 Å². The molecular formula is C17H29IN4O3. The lowest BCUT2D eigenvalue weighted by atomic mass is 9.83. The van der Waals surface area contributed by atoms with Crippen LogP contribution in [-0.4, -0.2) is 39.2 Å². The summed E-state index contributed by atoms with van der Waals surface area (Å²) in [6, 6.07) is 3.31. The molecule has 4 N–H and O–H groups in total. The van der Waals surface area contributed by atoms with Crippen LogP contribution in [0.3, 0.4) is 0 Å². The minimum atomic E-state index is -0.565. The molecule has 142 valence electrons. The number of furan rings is 1. The van der Waals surface area contributed by atoms with Crippen molar-refractivity contribution < 1.29 is 13.9 Å². The van der Waals surface area contributed by atoms with Crippen molar-refractivity contribution in [2.24, 2.45) is 16.1 Å². The summed E-state index contributed by atoms with van der Waals surface area (Å²) in [4.78, 5) is 15.3. The monoisotopic (exact) mass is 464 g/mol. The molecule has 0 aliphatic heterocycles. The predicted molar refractivity (Wildman–Crippen MR) is 108 cm³/mol. The first-order valence-corrected chi connectivity index (χ1v) is 8.40. The van der Waals surface area contributed by atoms with Gasteiger partial charge in [0.2, 0.25) is 0 Å². The average Bonchev–Trinajstić information content (AvgIpc) is 3.23. The third-order valence-electron chi connectivity index (χ3n) is 4.69. The van der Waals surface area contributed by atoms with Crippen LogP contribution in [0.25, 0.3) is 0 Å². The largest absolute Gasteiger partial charge is 0.454 e. The third-order valence-corrected chi connectivity index (χ3v) is 4.69. The molecule has 2 rings (SSSR count). The van der Waals surface area contributed by atoms with Gasteiger partial charge in [0.15, 0.2) is 11.7 Å². The Bertz CT molecular complexity index is 568. The molecule has 8 heteroatoms. The second-order valence-corrected chi connectivity index (χ2v) is 6.36. The van der Waals surface area contributed by atoms with Crippen molar-refractivity contribution in [2.45, 2.75) is 38.6 Å². The summed E-state index contributed by atoms with van der Waals surface area (Å²) in [5, 5.41) is 6.61. The van der Waals surface area contributed by atoms with Crippen molar-refractivity contribution in [2.75, 3.05) is 27.3 Å². The molecule has 0 saturated heterocycles. The van der Waals surface area contributed by atoms with Gasteiger partial charge in [-0.15, -0.1) is 24.0 Å². The Morgan fingerprint density at radius 2 is 2.08 bits per heavy atom. The highest BCUT2D eigenvalue weighted by atomic mass is 127. The molecule has 1 heterocycles. The zero-order chi connectivity index (χ0) is 17.4. The highest BCUT2D eigenvalue weighted by Crippen LogP contribution is 2.40. The molecular weight excluding hydrogens is 435 g/mol. The van der Waals surface area contributed by atoms with E-state index < -0.39 is 5.91 Å². The number of nitrogens with zero attached hydrogens (tertiary/aromatic N) is 1. The Morgan fingerprint density at radius 3 is 2.64 bits per heavy atom. The number of ether oxygens (including phenoxy) is 1. The van der Waals surface area contributed by atoms with Crippen LogP contribution in [0.1, 0.15) is 48.4 Å². The van der Waals surface area contributed by atoms with Crippen molar-refractivity contribution >= 4 is 35.8 Å². The Hall–Kier alpha value is -1.29. The lowest BCUT2D eigenvalue weighted by molar-refractivity contribution is 0.0972. The molecule has 1 amide bonds. The summed E-state index contributed by atoms with van der Waals surface area (Å²) in [7, 11) is 3.49. The maximum absolute atomic E-state index is 11.0. The number of methoxy groups -OCH3 is 1. The van der Waals surface area contributed by atoms with Gasteiger partial charge in [-0.05, 0) is 36.8 Å². The van der Waals surface area contributed by atoms with Crippen LogP contribution < -0.4 is 16.4 Å². The fraction of sp³-hybridized carbons (Fsp3) is 0.647. The summed E-state index contributed by atoms with van der Waals surface area (Å²) in [6.07, 6.45) is 6.06. The summed E-state index contributed by atoms with van der Waals surface area (Å²) < 4.78 is 10.6. The molecule has 1 saturated carbocycles. The molecule has 25 heavy (non-hydrogen) atoms. The predicted octanol–water partition coefficient (Wildman–Crippen LogP) is 2.26. The average molecular weight is 464 g/mol. The van der Waals surface area contributed by atoms with Gasteiger partial charge in [0, 0.05) is 27.3 Å². The summed E-state index contributed by atoms with van der Waals surface area (Å²) in [5.74, 6) is 0.960. The van der Waals surface area contributed by atoms with E-state index in [2.05, 4.69) is 15.6 Å². The number of hydrogen-bond acceptors (Lipinski definition) is 4. The number of guanidine groups is 1. The van der Waals surface area contributed by atoms with Crippen molar-refractivity contribution in [1.29, 1.82) is 0 Å². The molecule has 0 aromatic carbocycles. The lowest BCUT2D eigenvalue weighted by Crippen LogP contribution is -2.43. The van der Waals surface area contributed by atoms with E-state index in [1.165, 1.54) is 25.7 Å². The molecule has 1 aromatic rings. The molecule has 7 nitrogen and oxygen atoms in total. The van der Waals surface area contributed by atoms with Gasteiger partial charge < -0.3 is 25.5 Å². The van der Waals surface area contributed by atoms with Gasteiger partial charge in [0.1, 0.15) is 5.76 Å². The van der Waals surface area contributed by atoms with E-state index >= 15 is 0 Å². The second kappa shape index (κ2) is 10.6. The van der Waals surface area contributed by atoms with Gasteiger partial charge >= 0.3 is 0 Å². The van der Waals surface area contributed by atoms with Crippen LogP contribution in [0.5, 0.6) is 0 Å². The van der Waals surface area contributed by atoms with Crippen molar-refractivity contribution in [3.63, 3.8) is 0 Å². The maximum Gasteiger partial charge on any atom is 0.284 e. The highest BCUT2D eigenvalue weighted by Gasteiger charge is 2.33. The van der Waals surface area contributed by atoms with Crippen LogP contribution in [0, 0.1) is 5.41 Å². The molecule has 0 radical (unpaired) electrons. The van der Waals surface area contributed by atoms with Crippen LogP contribution >= 0.6 is 24.0 Å². The number of amides is 1. The zero-order valence-electron chi connectivity index (χ0n) is 15.0. The molecule has 0 atom stereocenters. The van der Waals surface area contributed by atoms with Gasteiger partial charge in [-0.1, -0.05) is 12.8 Å². The normalized spacial score (nSPS) is 16.3. The standard InChI is InChI=1S/C17H28N4O3.HI/c1-19-16(20-11-13-5-6-14(24-13)15(18)22)21-12-17(9-10-23-2)7-3-4-8-17;/h5-6H,3-4,7-12H2,1-2H3,(H2,18,22)(H2,19,20,21);1H. The van der Waals surface area contributed by atoms with E-state index in [4.69, 9.17) is 14.9 Å². The number of hydrogen-bond donors (Lipinski definition) is 3. The van der Waals surface area contributed by atoms with Crippen molar-refractivity contribution in [3.05, 3.63) is 23.7 Å². The van der Waals surface area contributed by atoms with E-state index in [9.17, 15) is 4.79 Å². The minimum absolute atomic E-state index is 0. The number of nitrogens with one attached hydrogen (secondary N) is 2. The Labute approximate surface area is 166 Å². The van der Waals surface area contributed by atoms with Gasteiger partial charge in [-0.2, -0.15) is 0 Å². The number of nitrogens with two attached hydrogens (primary N) is 1. The molecule has 1 aliphatic rings. The van der Waals surface area contributed by atoms with E-state index in [1.807, 2.05) is 0 Å². The first-order chi connectivity index (χ1) is 11.6. The summed E-state index contributed by atoms with van der Waals surface area (Å²) in [6.45, 7) is 2.11. The second-order valence-electron chi connectivity index (χ2n) is 6.36. The number of primary amides is 1. The molecule has 1 fully saturated rings. The van der Waals surface area contributed by atoms with Crippen molar-refractivity contribution in [1.82, 2.24) is 10.6 Å². The van der Waals surface area contributed by atoms with Gasteiger partial charge in [-0.25, -0.2) is 0 Å². The van der Waals surface area contributed by atoms with E-state index in [-0.39, 0.29) is 35.2 Å². The van der Waals surface area contributed by atoms with Gasteiger partial charge in [0.05, 0.1) is 6.54 Å². The first-order valence-electron chi connectivity index (χ1n) is 8.40.